The molecule has 0 unspecified atom stereocenters. The highest BCUT2D eigenvalue weighted by atomic mass is 16.3. The molecule has 3 N–H and O–H groups in total. The molecule has 0 radical (unpaired) electrons. The quantitative estimate of drug-likeness (QED) is 0.499. The van der Waals surface area contributed by atoms with E-state index in [1.807, 2.05) is 0 Å². The predicted octanol–water partition coefficient (Wildman–Crippen LogP) is -0.909. The van der Waals surface area contributed by atoms with Crippen LogP contribution in [0.3, 0.4) is 0 Å². The molecular weight excluding hydrogens is 144 g/mol. The minimum atomic E-state index is -0.205. The highest BCUT2D eigenvalue weighted by Gasteiger charge is 2.11. The van der Waals surface area contributed by atoms with Crippen LogP contribution in [-0.2, 0) is 4.79 Å². The fourth-order valence-corrected chi connectivity index (χ4v) is 0.545. The molecule has 0 aliphatic carbocycles. The van der Waals surface area contributed by atoms with Crippen molar-refractivity contribution in [3.05, 3.63) is 0 Å². The molecule has 0 saturated heterocycles. The van der Waals surface area contributed by atoms with E-state index < -0.39 is 0 Å². The molecule has 0 aromatic carbocycles. The van der Waals surface area contributed by atoms with E-state index >= 15 is 0 Å². The molecule has 0 heterocycles. The van der Waals surface area contributed by atoms with Gasteiger partial charge in [0.15, 0.2) is 0 Å². The van der Waals surface area contributed by atoms with Crippen LogP contribution in [0.2, 0.25) is 0 Å². The van der Waals surface area contributed by atoms with E-state index in [1.54, 1.807) is 20.9 Å². The van der Waals surface area contributed by atoms with Crippen molar-refractivity contribution in [1.29, 1.82) is 0 Å². The van der Waals surface area contributed by atoms with Gasteiger partial charge in [0.25, 0.3) is 0 Å². The molecule has 1 amide bonds. The zero-order valence-electron chi connectivity index (χ0n) is 7.22. The smallest absolute Gasteiger partial charge is 0.237 e. The van der Waals surface area contributed by atoms with E-state index in [0.29, 0.717) is 0 Å². The second-order valence-corrected chi connectivity index (χ2v) is 2.60. The Balaban J connectivity index is 3.68. The topological polar surface area (TPSA) is 61.4 Å². The van der Waals surface area contributed by atoms with E-state index in [0.717, 1.165) is 0 Å². The van der Waals surface area contributed by atoms with E-state index in [2.05, 4.69) is 10.6 Å². The Morgan fingerprint density at radius 1 is 1.55 bits per heavy atom. The number of amides is 1. The minimum Gasteiger partial charge on any atom is -0.394 e. The van der Waals surface area contributed by atoms with E-state index in [-0.39, 0.29) is 24.6 Å². The average Bonchev–Trinajstić information content (AvgIpc) is 2.02. The largest absolute Gasteiger partial charge is 0.394 e. The van der Waals surface area contributed by atoms with Gasteiger partial charge in [-0.3, -0.25) is 4.79 Å². The van der Waals surface area contributed by atoms with Crippen LogP contribution in [0.5, 0.6) is 0 Å². The third kappa shape index (κ3) is 3.95. The Kier molecular flexibility index (Phi) is 4.81. The summed E-state index contributed by atoms with van der Waals surface area (Å²) >= 11 is 0. The van der Waals surface area contributed by atoms with Crippen molar-refractivity contribution in [2.45, 2.75) is 25.9 Å². The molecule has 4 heteroatoms. The molecule has 0 bridgehead atoms. The van der Waals surface area contributed by atoms with Gasteiger partial charge >= 0.3 is 0 Å². The summed E-state index contributed by atoms with van der Waals surface area (Å²) in [5, 5.41) is 14.0. The standard InChI is InChI=1S/C7H16N2O2/c1-5(4-10)9-7(11)6(2)8-3/h5-6,8,10H,4H2,1-3H3,(H,9,11)/t5-,6-/m0/s1. The van der Waals surface area contributed by atoms with Crippen molar-refractivity contribution in [2.75, 3.05) is 13.7 Å². The summed E-state index contributed by atoms with van der Waals surface area (Å²) in [6, 6.07) is -0.373. The van der Waals surface area contributed by atoms with Gasteiger partial charge in [-0.15, -0.1) is 0 Å². The highest BCUT2D eigenvalue weighted by molar-refractivity contribution is 5.81. The van der Waals surface area contributed by atoms with Crippen LogP contribution in [0.4, 0.5) is 0 Å². The Morgan fingerprint density at radius 2 is 2.09 bits per heavy atom. The number of aliphatic hydroxyl groups excluding tert-OH is 1. The summed E-state index contributed by atoms with van der Waals surface area (Å²) in [6.45, 7) is 3.49. The van der Waals surface area contributed by atoms with Crippen molar-refractivity contribution < 1.29 is 9.90 Å². The number of carbonyl (C=O) groups is 1. The van der Waals surface area contributed by atoms with Gasteiger partial charge in [0, 0.05) is 6.04 Å². The molecule has 4 nitrogen and oxygen atoms in total. The summed E-state index contributed by atoms with van der Waals surface area (Å²) in [6.07, 6.45) is 0. The molecule has 0 aromatic heterocycles. The van der Waals surface area contributed by atoms with E-state index in [4.69, 9.17) is 5.11 Å². The van der Waals surface area contributed by atoms with Gasteiger partial charge in [0.1, 0.15) is 0 Å². The van der Waals surface area contributed by atoms with Crippen LogP contribution in [0, 0.1) is 0 Å². The summed E-state index contributed by atoms with van der Waals surface area (Å²) < 4.78 is 0. The molecule has 2 atom stereocenters. The molecule has 0 rings (SSSR count). The van der Waals surface area contributed by atoms with E-state index in [9.17, 15) is 4.79 Å². The average molecular weight is 160 g/mol. The molecule has 66 valence electrons. The molecule has 0 aliphatic heterocycles. The maximum Gasteiger partial charge on any atom is 0.237 e. The lowest BCUT2D eigenvalue weighted by molar-refractivity contribution is -0.123. The van der Waals surface area contributed by atoms with Crippen molar-refractivity contribution >= 4 is 5.91 Å². The van der Waals surface area contributed by atoms with Crippen LogP contribution >= 0.6 is 0 Å². The first-order valence-corrected chi connectivity index (χ1v) is 3.70. The first kappa shape index (κ1) is 10.4. The maximum atomic E-state index is 11.1. The summed E-state index contributed by atoms with van der Waals surface area (Å²) in [5.41, 5.74) is 0. The second kappa shape index (κ2) is 5.09. The second-order valence-electron chi connectivity index (χ2n) is 2.60. The van der Waals surface area contributed by atoms with Crippen LogP contribution < -0.4 is 10.6 Å². The Hall–Kier alpha value is -0.610. The van der Waals surface area contributed by atoms with Crippen LogP contribution in [0.15, 0.2) is 0 Å². The number of nitrogens with one attached hydrogen (secondary N) is 2. The van der Waals surface area contributed by atoms with Gasteiger partial charge in [-0.1, -0.05) is 0 Å². The first-order chi connectivity index (χ1) is 5.11. The van der Waals surface area contributed by atoms with Gasteiger partial charge in [-0.2, -0.15) is 0 Å². The number of rotatable bonds is 4. The molecule has 0 fully saturated rings. The maximum absolute atomic E-state index is 11.1. The van der Waals surface area contributed by atoms with Gasteiger partial charge in [-0.25, -0.2) is 0 Å². The molecule has 0 aromatic rings. The van der Waals surface area contributed by atoms with Crippen molar-refractivity contribution in [3.8, 4) is 0 Å². The zero-order valence-corrected chi connectivity index (χ0v) is 7.22. The molecule has 11 heavy (non-hydrogen) atoms. The van der Waals surface area contributed by atoms with Crippen LogP contribution in [0.1, 0.15) is 13.8 Å². The van der Waals surface area contributed by atoms with Crippen LogP contribution in [-0.4, -0.2) is 36.8 Å². The molecule has 0 spiro atoms. The van der Waals surface area contributed by atoms with Gasteiger partial charge < -0.3 is 15.7 Å². The van der Waals surface area contributed by atoms with Crippen molar-refractivity contribution in [2.24, 2.45) is 0 Å². The predicted molar refractivity (Wildman–Crippen MR) is 43.2 cm³/mol. The lowest BCUT2D eigenvalue weighted by Crippen LogP contribution is -2.45. The lowest BCUT2D eigenvalue weighted by atomic mass is 10.3. The normalized spacial score (nSPS) is 15.6. The zero-order chi connectivity index (χ0) is 8.85. The fraction of sp³-hybridized carbons (Fsp3) is 0.857. The highest BCUT2D eigenvalue weighted by Crippen LogP contribution is 1.83. The Labute approximate surface area is 67.0 Å². The van der Waals surface area contributed by atoms with Gasteiger partial charge in [0.05, 0.1) is 12.6 Å². The van der Waals surface area contributed by atoms with Crippen molar-refractivity contribution in [1.82, 2.24) is 10.6 Å². The molecule has 0 saturated carbocycles. The summed E-state index contributed by atoms with van der Waals surface area (Å²) in [7, 11) is 1.72. The SMILES string of the molecule is CN[C@@H](C)C(=O)N[C@@H](C)CO. The summed E-state index contributed by atoms with van der Waals surface area (Å²) in [5.74, 6) is -0.0888. The molecule has 0 aliphatic rings. The van der Waals surface area contributed by atoms with Crippen molar-refractivity contribution in [3.63, 3.8) is 0 Å². The molecular formula is C7H16N2O2. The third-order valence-electron chi connectivity index (χ3n) is 1.49. The summed E-state index contributed by atoms with van der Waals surface area (Å²) in [4.78, 5) is 11.1. The lowest BCUT2D eigenvalue weighted by Gasteiger charge is -2.14. The minimum absolute atomic E-state index is 0.0256. The van der Waals surface area contributed by atoms with Gasteiger partial charge in [-0.05, 0) is 20.9 Å². The number of likely N-dealkylation sites (N-methyl/N-ethyl adjacent to an activating group) is 1. The number of aliphatic hydroxyl groups is 1. The first-order valence-electron chi connectivity index (χ1n) is 3.70. The third-order valence-corrected chi connectivity index (χ3v) is 1.49. The fourth-order valence-electron chi connectivity index (χ4n) is 0.545. The monoisotopic (exact) mass is 160 g/mol. The van der Waals surface area contributed by atoms with Gasteiger partial charge in [0.2, 0.25) is 5.91 Å². The number of hydrogen-bond donors (Lipinski definition) is 3. The number of hydrogen-bond acceptors (Lipinski definition) is 3. The Bertz CT molecular complexity index is 128. The van der Waals surface area contributed by atoms with E-state index in [1.165, 1.54) is 0 Å². The number of carbonyl (C=O) groups excluding carboxylic acids is 1. The Morgan fingerprint density at radius 3 is 2.45 bits per heavy atom. The van der Waals surface area contributed by atoms with Crippen LogP contribution in [0.25, 0.3) is 0 Å².